The van der Waals surface area contributed by atoms with Crippen LogP contribution in [0.15, 0.2) is 97.1 Å². The molecular formula is C26H19AlNO2. The minimum absolute atomic E-state index is 0.749. The first kappa shape index (κ1) is 18.7. The zero-order valence-corrected chi connectivity index (χ0v) is 17.7. The van der Waals surface area contributed by atoms with Gasteiger partial charge in [0.2, 0.25) is 0 Å². The lowest BCUT2D eigenvalue weighted by Gasteiger charge is -2.16. The zero-order valence-electron chi connectivity index (χ0n) is 16.6. The van der Waals surface area contributed by atoms with Crippen molar-refractivity contribution in [3.8, 4) is 22.6 Å². The lowest BCUT2D eigenvalue weighted by molar-refractivity contribution is 0.462. The van der Waals surface area contributed by atoms with Crippen molar-refractivity contribution in [3.05, 3.63) is 103 Å². The number of benzene rings is 4. The molecule has 30 heavy (non-hydrogen) atoms. The van der Waals surface area contributed by atoms with Crippen molar-refractivity contribution in [1.29, 1.82) is 0 Å². The van der Waals surface area contributed by atoms with Crippen LogP contribution < -0.4 is 7.58 Å². The summed E-state index contributed by atoms with van der Waals surface area (Å²) in [6.07, 6.45) is 0. The molecule has 4 heteroatoms. The van der Waals surface area contributed by atoms with E-state index in [1.54, 1.807) is 0 Å². The summed E-state index contributed by atoms with van der Waals surface area (Å²) < 4.78 is 12.3. The molecule has 0 aliphatic rings. The second-order valence-corrected chi connectivity index (χ2v) is 7.80. The number of nitrogens with zero attached hydrogens (tertiary/aromatic N) is 1. The molecule has 0 atom stereocenters. The van der Waals surface area contributed by atoms with Crippen LogP contribution in [-0.2, 0) is 0 Å². The Kier molecular flexibility index (Phi) is 5.11. The quantitative estimate of drug-likeness (QED) is 0.320. The smallest absolute Gasteiger partial charge is 0.615 e. The first-order valence-electron chi connectivity index (χ1n) is 9.88. The summed E-state index contributed by atoms with van der Waals surface area (Å²) in [5.74, 6) is 1.59. The van der Waals surface area contributed by atoms with E-state index in [0.29, 0.717) is 0 Å². The summed E-state index contributed by atoms with van der Waals surface area (Å²) >= 11 is -0.749. The van der Waals surface area contributed by atoms with Crippen LogP contribution >= 0.6 is 0 Å². The van der Waals surface area contributed by atoms with Gasteiger partial charge in [-0.1, -0.05) is 78.9 Å². The second kappa shape index (κ2) is 8.20. The molecule has 0 saturated carbocycles. The SMILES string of the molecule is Cc1ccc2cccc([O][Al][O]c3ccc4ccccc4c3-c3ccccc3)c2n1. The van der Waals surface area contributed by atoms with Crippen molar-refractivity contribution in [3.63, 3.8) is 0 Å². The average Bonchev–Trinajstić information content (AvgIpc) is 2.79. The average molecular weight is 404 g/mol. The summed E-state index contributed by atoms with van der Waals surface area (Å²) in [6, 6.07) is 32.9. The molecule has 1 aromatic heterocycles. The van der Waals surface area contributed by atoms with E-state index >= 15 is 0 Å². The number of pyridine rings is 1. The summed E-state index contributed by atoms with van der Waals surface area (Å²) in [4.78, 5) is 4.64. The van der Waals surface area contributed by atoms with Gasteiger partial charge in [-0.15, -0.1) is 0 Å². The third-order valence-corrected chi connectivity index (χ3v) is 5.83. The van der Waals surface area contributed by atoms with Gasteiger partial charge in [-0.25, -0.2) is 4.98 Å². The van der Waals surface area contributed by atoms with Crippen molar-refractivity contribution in [1.82, 2.24) is 4.98 Å². The minimum Gasteiger partial charge on any atom is -0.615 e. The fourth-order valence-corrected chi connectivity index (χ4v) is 4.33. The molecule has 0 bridgehead atoms. The molecule has 0 aliphatic heterocycles. The van der Waals surface area contributed by atoms with Gasteiger partial charge < -0.3 is 7.58 Å². The largest absolute Gasteiger partial charge is 0.881 e. The number of para-hydroxylation sites is 1. The van der Waals surface area contributed by atoms with Crippen molar-refractivity contribution in [2.24, 2.45) is 0 Å². The molecule has 0 N–H and O–H groups in total. The van der Waals surface area contributed by atoms with Gasteiger partial charge >= 0.3 is 15.9 Å². The molecule has 0 amide bonds. The zero-order chi connectivity index (χ0) is 20.3. The molecule has 5 aromatic rings. The molecule has 0 unspecified atom stereocenters. The molecule has 0 saturated heterocycles. The van der Waals surface area contributed by atoms with Crippen molar-refractivity contribution >= 4 is 37.6 Å². The topological polar surface area (TPSA) is 31.4 Å². The number of fused-ring (bicyclic) bond motifs is 2. The molecule has 0 fully saturated rings. The van der Waals surface area contributed by atoms with E-state index in [0.717, 1.165) is 39.2 Å². The van der Waals surface area contributed by atoms with E-state index in [4.69, 9.17) is 7.58 Å². The molecule has 1 heterocycles. The van der Waals surface area contributed by atoms with Gasteiger partial charge in [0.1, 0.15) is 11.3 Å². The molecule has 0 spiro atoms. The summed E-state index contributed by atoms with van der Waals surface area (Å²) in [5.41, 5.74) is 4.06. The van der Waals surface area contributed by atoms with E-state index in [9.17, 15) is 0 Å². The van der Waals surface area contributed by atoms with Gasteiger partial charge in [0.25, 0.3) is 0 Å². The Labute approximate surface area is 182 Å². The van der Waals surface area contributed by atoms with Gasteiger partial charge in [-0.2, -0.15) is 0 Å². The van der Waals surface area contributed by atoms with E-state index in [2.05, 4.69) is 53.5 Å². The first-order chi connectivity index (χ1) is 14.8. The molecule has 143 valence electrons. The second-order valence-electron chi connectivity index (χ2n) is 7.14. The molecule has 3 nitrogen and oxygen atoms in total. The van der Waals surface area contributed by atoms with Gasteiger partial charge in [0, 0.05) is 16.6 Å². The predicted octanol–water partition coefficient (Wildman–Crippen LogP) is 6.36. The lowest BCUT2D eigenvalue weighted by Crippen LogP contribution is -2.12. The highest BCUT2D eigenvalue weighted by Gasteiger charge is 2.15. The van der Waals surface area contributed by atoms with E-state index in [-0.39, 0.29) is 0 Å². The molecule has 4 aromatic carbocycles. The molecule has 1 radical (unpaired) electrons. The fraction of sp³-hybridized carbons (Fsp3) is 0.0385. The van der Waals surface area contributed by atoms with Crippen LogP contribution in [0.1, 0.15) is 5.69 Å². The van der Waals surface area contributed by atoms with Crippen LogP contribution in [0.4, 0.5) is 0 Å². The predicted molar refractivity (Wildman–Crippen MR) is 123 cm³/mol. The van der Waals surface area contributed by atoms with Crippen LogP contribution in [0.3, 0.4) is 0 Å². The summed E-state index contributed by atoms with van der Waals surface area (Å²) in [7, 11) is 0. The highest BCUT2D eigenvalue weighted by molar-refractivity contribution is 6.22. The molecular weight excluding hydrogens is 385 g/mol. The first-order valence-corrected chi connectivity index (χ1v) is 10.8. The number of rotatable bonds is 5. The number of aromatic nitrogens is 1. The standard InChI is InChI=1S/C16H12O.C10H9NO.Al/c17-15-11-10-12-6-4-5-9-14(12)16(15)13-7-2-1-3-8-13;1-7-5-6-8-3-2-4-9(12)10(8)11-7;/h1-11,17H;2-6,12H,1H3;/q;;+2/p-2. The maximum Gasteiger partial charge on any atom is 0.881 e. The Morgan fingerprint density at radius 2 is 1.37 bits per heavy atom. The maximum absolute atomic E-state index is 6.22. The Balaban J connectivity index is 1.48. The Hall–Kier alpha value is -3.32. The highest BCUT2D eigenvalue weighted by atomic mass is 27.2. The fourth-order valence-electron chi connectivity index (χ4n) is 3.69. The third kappa shape index (κ3) is 3.64. The van der Waals surface area contributed by atoms with Crippen LogP contribution in [0.2, 0.25) is 0 Å². The summed E-state index contributed by atoms with van der Waals surface area (Å²) in [5, 5.41) is 3.42. The van der Waals surface area contributed by atoms with Crippen molar-refractivity contribution in [2.75, 3.05) is 0 Å². The number of aryl methyl sites for hydroxylation is 1. The van der Waals surface area contributed by atoms with E-state index in [1.165, 1.54) is 10.8 Å². The minimum atomic E-state index is -0.749. The van der Waals surface area contributed by atoms with Crippen molar-refractivity contribution in [2.45, 2.75) is 6.92 Å². The lowest BCUT2D eigenvalue weighted by atomic mass is 9.97. The highest BCUT2D eigenvalue weighted by Crippen LogP contribution is 2.37. The van der Waals surface area contributed by atoms with Gasteiger partial charge in [0.15, 0.2) is 0 Å². The van der Waals surface area contributed by atoms with Crippen molar-refractivity contribution < 1.29 is 7.58 Å². The van der Waals surface area contributed by atoms with Crippen LogP contribution in [-0.4, -0.2) is 20.9 Å². The maximum atomic E-state index is 6.22. The van der Waals surface area contributed by atoms with Crippen LogP contribution in [0.25, 0.3) is 32.8 Å². The van der Waals surface area contributed by atoms with Gasteiger partial charge in [0.05, 0.1) is 5.75 Å². The van der Waals surface area contributed by atoms with Crippen LogP contribution in [0.5, 0.6) is 11.5 Å². The van der Waals surface area contributed by atoms with Gasteiger partial charge in [-0.05, 0) is 41.5 Å². The van der Waals surface area contributed by atoms with E-state index in [1.807, 2.05) is 55.5 Å². The number of hydrogen-bond donors (Lipinski definition) is 0. The Morgan fingerprint density at radius 3 is 2.27 bits per heavy atom. The Bertz CT molecular complexity index is 1340. The molecule has 5 rings (SSSR count). The number of hydrogen-bond acceptors (Lipinski definition) is 3. The van der Waals surface area contributed by atoms with Crippen LogP contribution in [0, 0.1) is 6.92 Å². The normalized spacial score (nSPS) is 10.8. The monoisotopic (exact) mass is 404 g/mol. The molecule has 0 aliphatic carbocycles. The Morgan fingerprint density at radius 1 is 0.633 bits per heavy atom. The third-order valence-electron chi connectivity index (χ3n) is 5.13. The van der Waals surface area contributed by atoms with Gasteiger partial charge in [-0.3, -0.25) is 0 Å². The van der Waals surface area contributed by atoms with E-state index < -0.39 is 15.9 Å². The summed E-state index contributed by atoms with van der Waals surface area (Å²) in [6.45, 7) is 1.99.